The molecule has 0 aromatic heterocycles. The van der Waals surface area contributed by atoms with Crippen molar-refractivity contribution in [2.75, 3.05) is 13.6 Å². The smallest absolute Gasteiger partial charge is 0.282 e. The highest BCUT2D eigenvalue weighted by Crippen LogP contribution is 2.23. The van der Waals surface area contributed by atoms with Crippen molar-refractivity contribution in [2.45, 2.75) is 6.92 Å². The minimum Gasteiger partial charge on any atom is -0.338 e. The van der Waals surface area contributed by atoms with Gasteiger partial charge in [0.25, 0.3) is 11.6 Å². The van der Waals surface area contributed by atoms with Gasteiger partial charge in [0.2, 0.25) is 0 Å². The van der Waals surface area contributed by atoms with Crippen molar-refractivity contribution >= 4 is 23.2 Å². The van der Waals surface area contributed by atoms with E-state index in [1.165, 1.54) is 23.1 Å². The predicted octanol–water partition coefficient (Wildman–Crippen LogP) is 2.90. The van der Waals surface area contributed by atoms with Crippen LogP contribution in [0.15, 0.2) is 30.4 Å². The SMILES string of the molecule is C=C(C)CN(C)C(=O)c1cc(Cl)ccc1[N+](=O)[O-]. The summed E-state index contributed by atoms with van der Waals surface area (Å²) in [4.78, 5) is 23.7. The van der Waals surface area contributed by atoms with Crippen molar-refractivity contribution in [3.63, 3.8) is 0 Å². The van der Waals surface area contributed by atoms with Crippen LogP contribution in [0.4, 0.5) is 5.69 Å². The van der Waals surface area contributed by atoms with Crippen molar-refractivity contribution in [3.8, 4) is 0 Å². The van der Waals surface area contributed by atoms with E-state index in [2.05, 4.69) is 6.58 Å². The highest BCUT2D eigenvalue weighted by atomic mass is 35.5. The van der Waals surface area contributed by atoms with E-state index in [0.29, 0.717) is 6.54 Å². The van der Waals surface area contributed by atoms with Gasteiger partial charge in [-0.2, -0.15) is 0 Å². The molecular formula is C12H13ClN2O3. The van der Waals surface area contributed by atoms with Crippen LogP contribution in [-0.2, 0) is 0 Å². The van der Waals surface area contributed by atoms with Crippen molar-refractivity contribution in [3.05, 3.63) is 51.1 Å². The number of carbonyl (C=O) groups excluding carboxylic acids is 1. The quantitative estimate of drug-likeness (QED) is 0.479. The zero-order valence-corrected chi connectivity index (χ0v) is 10.9. The van der Waals surface area contributed by atoms with Crippen LogP contribution in [0, 0.1) is 10.1 Å². The monoisotopic (exact) mass is 268 g/mol. The number of amides is 1. The number of nitrogens with zero attached hydrogens (tertiary/aromatic N) is 2. The number of likely N-dealkylation sites (N-methyl/N-ethyl adjacent to an activating group) is 1. The molecule has 96 valence electrons. The summed E-state index contributed by atoms with van der Waals surface area (Å²) in [6, 6.07) is 3.91. The van der Waals surface area contributed by atoms with E-state index in [1.54, 1.807) is 14.0 Å². The molecule has 0 bridgehead atoms. The number of hydrogen-bond donors (Lipinski definition) is 0. The van der Waals surface area contributed by atoms with Gasteiger partial charge in [0.05, 0.1) is 4.92 Å². The van der Waals surface area contributed by atoms with Crippen molar-refractivity contribution < 1.29 is 9.72 Å². The van der Waals surface area contributed by atoms with Crippen LogP contribution < -0.4 is 0 Å². The molecule has 1 rings (SSSR count). The summed E-state index contributed by atoms with van der Waals surface area (Å²) in [6.07, 6.45) is 0. The summed E-state index contributed by atoms with van der Waals surface area (Å²) in [5.74, 6) is -0.452. The van der Waals surface area contributed by atoms with E-state index >= 15 is 0 Å². The molecule has 6 heteroatoms. The minimum atomic E-state index is -0.599. The van der Waals surface area contributed by atoms with Gasteiger partial charge in [-0.15, -0.1) is 0 Å². The third kappa shape index (κ3) is 3.30. The second-order valence-corrected chi connectivity index (χ2v) is 4.47. The number of hydrogen-bond acceptors (Lipinski definition) is 3. The molecule has 0 heterocycles. The van der Waals surface area contributed by atoms with Gasteiger partial charge in [-0.05, 0) is 19.1 Å². The molecule has 1 aromatic carbocycles. The molecule has 0 N–H and O–H groups in total. The van der Waals surface area contributed by atoms with Crippen molar-refractivity contribution in [1.82, 2.24) is 4.90 Å². The molecule has 1 amide bonds. The van der Waals surface area contributed by atoms with Gasteiger partial charge in [0.1, 0.15) is 5.56 Å². The highest BCUT2D eigenvalue weighted by Gasteiger charge is 2.23. The van der Waals surface area contributed by atoms with Crippen LogP contribution in [0.5, 0.6) is 0 Å². The zero-order chi connectivity index (χ0) is 13.9. The lowest BCUT2D eigenvalue weighted by molar-refractivity contribution is -0.385. The first-order valence-electron chi connectivity index (χ1n) is 5.16. The average Bonchev–Trinajstić information content (AvgIpc) is 2.26. The van der Waals surface area contributed by atoms with Crippen LogP contribution in [-0.4, -0.2) is 29.3 Å². The fraction of sp³-hybridized carbons (Fsp3) is 0.250. The number of nitro groups is 1. The second-order valence-electron chi connectivity index (χ2n) is 4.04. The Bertz CT molecular complexity index is 514. The Kier molecular flexibility index (Phi) is 4.44. The molecule has 18 heavy (non-hydrogen) atoms. The molecular weight excluding hydrogens is 256 g/mol. The van der Waals surface area contributed by atoms with Crippen molar-refractivity contribution in [1.29, 1.82) is 0 Å². The molecule has 0 spiro atoms. The number of benzene rings is 1. The summed E-state index contributed by atoms with van der Waals surface area (Å²) in [5, 5.41) is 11.1. The van der Waals surface area contributed by atoms with E-state index in [9.17, 15) is 14.9 Å². The fourth-order valence-electron chi connectivity index (χ4n) is 1.52. The molecule has 0 aliphatic heterocycles. The second kappa shape index (κ2) is 5.64. The third-order valence-corrected chi connectivity index (χ3v) is 2.47. The maximum absolute atomic E-state index is 12.1. The maximum atomic E-state index is 12.1. The zero-order valence-electron chi connectivity index (χ0n) is 10.1. The van der Waals surface area contributed by atoms with Gasteiger partial charge in [-0.25, -0.2) is 0 Å². The molecule has 0 atom stereocenters. The summed E-state index contributed by atoms with van der Waals surface area (Å²) < 4.78 is 0. The molecule has 0 radical (unpaired) electrons. The Labute approximate surface area is 110 Å². The molecule has 0 aliphatic rings. The van der Waals surface area contributed by atoms with Gasteiger partial charge in [0.15, 0.2) is 0 Å². The molecule has 5 nitrogen and oxygen atoms in total. The van der Waals surface area contributed by atoms with E-state index < -0.39 is 10.8 Å². The maximum Gasteiger partial charge on any atom is 0.282 e. The molecule has 0 unspecified atom stereocenters. The number of halogens is 1. The van der Waals surface area contributed by atoms with E-state index in [0.717, 1.165) is 5.57 Å². The van der Waals surface area contributed by atoms with E-state index in [-0.39, 0.29) is 16.3 Å². The predicted molar refractivity (Wildman–Crippen MR) is 69.9 cm³/mol. The third-order valence-electron chi connectivity index (χ3n) is 2.24. The van der Waals surface area contributed by atoms with Crippen LogP contribution in [0.3, 0.4) is 0 Å². The van der Waals surface area contributed by atoms with Crippen LogP contribution in [0.25, 0.3) is 0 Å². The van der Waals surface area contributed by atoms with Gasteiger partial charge in [-0.1, -0.05) is 23.8 Å². The van der Waals surface area contributed by atoms with Gasteiger partial charge in [0, 0.05) is 24.7 Å². The lowest BCUT2D eigenvalue weighted by Crippen LogP contribution is -2.28. The Morgan fingerprint density at radius 1 is 1.56 bits per heavy atom. The highest BCUT2D eigenvalue weighted by molar-refractivity contribution is 6.31. The molecule has 0 saturated carbocycles. The Hall–Kier alpha value is -1.88. The van der Waals surface area contributed by atoms with E-state index in [4.69, 9.17) is 11.6 Å². The molecule has 0 saturated heterocycles. The average molecular weight is 269 g/mol. The lowest BCUT2D eigenvalue weighted by atomic mass is 10.1. The summed E-state index contributed by atoms with van der Waals surface area (Å²) in [7, 11) is 1.56. The van der Waals surface area contributed by atoms with Gasteiger partial charge in [-0.3, -0.25) is 14.9 Å². The summed E-state index contributed by atoms with van der Waals surface area (Å²) in [5.41, 5.74) is 0.518. The lowest BCUT2D eigenvalue weighted by Gasteiger charge is -2.17. The molecule has 1 aromatic rings. The van der Waals surface area contributed by atoms with Crippen molar-refractivity contribution in [2.24, 2.45) is 0 Å². The molecule has 0 fully saturated rings. The topological polar surface area (TPSA) is 63.5 Å². The van der Waals surface area contributed by atoms with E-state index in [1.807, 2.05) is 0 Å². The first-order chi connectivity index (χ1) is 8.32. The number of nitro benzene ring substituents is 1. The van der Waals surface area contributed by atoms with Crippen LogP contribution >= 0.6 is 11.6 Å². The van der Waals surface area contributed by atoms with Crippen LogP contribution in [0.2, 0.25) is 5.02 Å². The first-order valence-corrected chi connectivity index (χ1v) is 5.54. The standard InChI is InChI=1S/C12H13ClN2O3/c1-8(2)7-14(3)12(16)10-6-9(13)4-5-11(10)15(17)18/h4-6H,1,7H2,2-3H3. The Balaban J connectivity index is 3.15. The summed E-state index contributed by atoms with van der Waals surface area (Å²) >= 11 is 5.77. The number of carbonyl (C=O) groups is 1. The normalized spacial score (nSPS) is 9.94. The fourth-order valence-corrected chi connectivity index (χ4v) is 1.69. The Morgan fingerprint density at radius 3 is 2.67 bits per heavy atom. The van der Waals surface area contributed by atoms with Gasteiger partial charge >= 0.3 is 0 Å². The molecule has 0 aliphatic carbocycles. The van der Waals surface area contributed by atoms with Gasteiger partial charge < -0.3 is 4.90 Å². The first kappa shape index (κ1) is 14.2. The minimum absolute atomic E-state index is 0.0174. The number of rotatable bonds is 4. The Morgan fingerprint density at radius 2 is 2.17 bits per heavy atom. The summed E-state index contributed by atoms with van der Waals surface area (Å²) in [6.45, 7) is 5.80. The largest absolute Gasteiger partial charge is 0.338 e. The van der Waals surface area contributed by atoms with Crippen LogP contribution in [0.1, 0.15) is 17.3 Å².